The van der Waals surface area contributed by atoms with Crippen LogP contribution in [0.5, 0.6) is 0 Å². The maximum Gasteiger partial charge on any atom is 0.337 e. The summed E-state index contributed by atoms with van der Waals surface area (Å²) in [5.74, 6) is -0.325. The van der Waals surface area contributed by atoms with E-state index in [0.717, 1.165) is 17.5 Å². The van der Waals surface area contributed by atoms with Crippen molar-refractivity contribution < 1.29 is 14.6 Å². The predicted octanol–water partition coefficient (Wildman–Crippen LogP) is 2.73. The monoisotopic (exact) mass is 313 g/mol. The Morgan fingerprint density at radius 1 is 1.13 bits per heavy atom. The Hall–Kier alpha value is -2.17. The van der Waals surface area contributed by atoms with Gasteiger partial charge < -0.3 is 15.2 Å². The van der Waals surface area contributed by atoms with Gasteiger partial charge in [0.1, 0.15) is 0 Å². The van der Waals surface area contributed by atoms with Gasteiger partial charge in [0.05, 0.1) is 18.8 Å². The fourth-order valence-corrected chi connectivity index (χ4v) is 2.43. The number of hydrogen-bond donors (Lipinski definition) is 2. The largest absolute Gasteiger partial charge is 0.465 e. The summed E-state index contributed by atoms with van der Waals surface area (Å²) in [6, 6.07) is 17.2. The summed E-state index contributed by atoms with van der Waals surface area (Å²) in [6.07, 6.45) is 0.309. The molecule has 2 aromatic rings. The first kappa shape index (κ1) is 17.2. The molecule has 1 unspecified atom stereocenters. The van der Waals surface area contributed by atoms with Crippen LogP contribution in [0, 0.1) is 0 Å². The summed E-state index contributed by atoms with van der Waals surface area (Å²) in [4.78, 5) is 11.4. The number of hydrogen-bond acceptors (Lipinski definition) is 4. The van der Waals surface area contributed by atoms with Gasteiger partial charge in [0.2, 0.25) is 0 Å². The average Bonchev–Trinajstić information content (AvgIpc) is 2.60. The Morgan fingerprint density at radius 2 is 1.78 bits per heavy atom. The predicted molar refractivity (Wildman–Crippen MR) is 90.4 cm³/mol. The number of methoxy groups -OCH3 is 1. The SMILES string of the molecule is COC(=O)c1ccc(CC(C)NC[C@H](O)c2ccccc2)cc1. The molecule has 0 aliphatic rings. The third-order valence-corrected chi connectivity index (χ3v) is 3.76. The minimum Gasteiger partial charge on any atom is -0.465 e. The zero-order valence-corrected chi connectivity index (χ0v) is 13.5. The van der Waals surface area contributed by atoms with Crippen molar-refractivity contribution in [1.29, 1.82) is 0 Å². The number of carbonyl (C=O) groups excluding carboxylic acids is 1. The van der Waals surface area contributed by atoms with Crippen molar-refractivity contribution in [3.63, 3.8) is 0 Å². The summed E-state index contributed by atoms with van der Waals surface area (Å²) in [5.41, 5.74) is 2.60. The van der Waals surface area contributed by atoms with Crippen LogP contribution in [-0.2, 0) is 11.2 Å². The smallest absolute Gasteiger partial charge is 0.337 e. The highest BCUT2D eigenvalue weighted by Crippen LogP contribution is 2.12. The van der Waals surface area contributed by atoms with Crippen LogP contribution < -0.4 is 5.32 Å². The molecule has 23 heavy (non-hydrogen) atoms. The zero-order valence-electron chi connectivity index (χ0n) is 13.5. The van der Waals surface area contributed by atoms with Crippen LogP contribution in [0.3, 0.4) is 0 Å². The minimum absolute atomic E-state index is 0.220. The fourth-order valence-electron chi connectivity index (χ4n) is 2.43. The van der Waals surface area contributed by atoms with E-state index in [1.54, 1.807) is 12.1 Å². The zero-order chi connectivity index (χ0) is 16.7. The van der Waals surface area contributed by atoms with Crippen molar-refractivity contribution in [3.8, 4) is 0 Å². The van der Waals surface area contributed by atoms with Crippen molar-refractivity contribution in [2.75, 3.05) is 13.7 Å². The highest BCUT2D eigenvalue weighted by atomic mass is 16.5. The molecule has 0 amide bonds. The Balaban J connectivity index is 1.82. The molecule has 0 saturated heterocycles. The molecule has 0 aliphatic carbocycles. The second-order valence-electron chi connectivity index (χ2n) is 5.63. The van der Waals surface area contributed by atoms with Crippen LogP contribution in [0.2, 0.25) is 0 Å². The molecular weight excluding hydrogens is 290 g/mol. The molecule has 0 fully saturated rings. The molecule has 0 heterocycles. The van der Waals surface area contributed by atoms with E-state index in [-0.39, 0.29) is 12.0 Å². The lowest BCUT2D eigenvalue weighted by Crippen LogP contribution is -2.32. The molecule has 4 heteroatoms. The number of rotatable bonds is 7. The average molecular weight is 313 g/mol. The maximum absolute atomic E-state index is 11.4. The summed E-state index contributed by atoms with van der Waals surface area (Å²) in [6.45, 7) is 2.58. The van der Waals surface area contributed by atoms with Crippen LogP contribution in [0.25, 0.3) is 0 Å². The van der Waals surface area contributed by atoms with Crippen LogP contribution in [0.15, 0.2) is 54.6 Å². The molecule has 0 spiro atoms. The maximum atomic E-state index is 11.4. The van der Waals surface area contributed by atoms with E-state index in [9.17, 15) is 9.90 Å². The molecule has 2 aromatic carbocycles. The van der Waals surface area contributed by atoms with Crippen molar-refractivity contribution in [1.82, 2.24) is 5.32 Å². The minimum atomic E-state index is -0.514. The molecule has 122 valence electrons. The molecule has 0 radical (unpaired) electrons. The van der Waals surface area contributed by atoms with Crippen molar-refractivity contribution in [3.05, 3.63) is 71.3 Å². The summed E-state index contributed by atoms with van der Waals surface area (Å²) in [7, 11) is 1.38. The molecule has 2 rings (SSSR count). The summed E-state index contributed by atoms with van der Waals surface area (Å²) >= 11 is 0. The van der Waals surface area contributed by atoms with E-state index in [1.165, 1.54) is 7.11 Å². The van der Waals surface area contributed by atoms with E-state index in [4.69, 9.17) is 0 Å². The van der Waals surface area contributed by atoms with Gasteiger partial charge in [-0.05, 0) is 36.6 Å². The first-order valence-corrected chi connectivity index (χ1v) is 7.74. The molecule has 2 N–H and O–H groups in total. The van der Waals surface area contributed by atoms with Gasteiger partial charge in [-0.1, -0.05) is 42.5 Å². The van der Waals surface area contributed by atoms with E-state index in [2.05, 4.69) is 17.0 Å². The van der Waals surface area contributed by atoms with Gasteiger partial charge in [-0.25, -0.2) is 4.79 Å². The van der Waals surface area contributed by atoms with Crippen LogP contribution in [0.1, 0.15) is 34.5 Å². The molecule has 0 aromatic heterocycles. The number of benzene rings is 2. The lowest BCUT2D eigenvalue weighted by molar-refractivity contribution is 0.0600. The molecule has 4 nitrogen and oxygen atoms in total. The summed E-state index contributed by atoms with van der Waals surface area (Å²) < 4.78 is 4.69. The van der Waals surface area contributed by atoms with Crippen molar-refractivity contribution in [2.45, 2.75) is 25.5 Å². The number of aliphatic hydroxyl groups excluding tert-OH is 1. The Morgan fingerprint density at radius 3 is 2.39 bits per heavy atom. The number of aliphatic hydroxyl groups is 1. The van der Waals surface area contributed by atoms with Crippen molar-refractivity contribution >= 4 is 5.97 Å². The Kier molecular flexibility index (Phi) is 6.32. The molecule has 0 bridgehead atoms. The van der Waals surface area contributed by atoms with E-state index >= 15 is 0 Å². The quantitative estimate of drug-likeness (QED) is 0.772. The topological polar surface area (TPSA) is 58.6 Å². The van der Waals surface area contributed by atoms with E-state index in [0.29, 0.717) is 12.1 Å². The van der Waals surface area contributed by atoms with Gasteiger partial charge in [-0.15, -0.1) is 0 Å². The van der Waals surface area contributed by atoms with Crippen LogP contribution in [0.4, 0.5) is 0 Å². The van der Waals surface area contributed by atoms with Gasteiger partial charge in [0.15, 0.2) is 0 Å². The second kappa shape index (κ2) is 8.46. The number of nitrogens with one attached hydrogen (secondary N) is 1. The standard InChI is InChI=1S/C19H23NO3/c1-14(20-13-18(21)16-6-4-3-5-7-16)12-15-8-10-17(11-9-15)19(22)23-2/h3-11,14,18,20-21H,12-13H2,1-2H3/t14?,18-/m0/s1. The summed E-state index contributed by atoms with van der Waals surface area (Å²) in [5, 5.41) is 13.5. The Bertz CT molecular complexity index is 610. The number of carbonyl (C=O) groups is 1. The molecular formula is C19H23NO3. The van der Waals surface area contributed by atoms with Gasteiger partial charge in [-0.2, -0.15) is 0 Å². The van der Waals surface area contributed by atoms with E-state index < -0.39 is 6.10 Å². The first-order chi connectivity index (χ1) is 11.1. The van der Waals surface area contributed by atoms with Gasteiger partial charge >= 0.3 is 5.97 Å². The fraction of sp³-hybridized carbons (Fsp3) is 0.316. The third-order valence-electron chi connectivity index (χ3n) is 3.76. The first-order valence-electron chi connectivity index (χ1n) is 7.74. The highest BCUT2D eigenvalue weighted by Gasteiger charge is 2.10. The van der Waals surface area contributed by atoms with E-state index in [1.807, 2.05) is 42.5 Å². The molecule has 0 aliphatic heterocycles. The van der Waals surface area contributed by atoms with Gasteiger partial charge in [-0.3, -0.25) is 0 Å². The second-order valence-corrected chi connectivity index (χ2v) is 5.63. The van der Waals surface area contributed by atoms with Gasteiger partial charge in [0, 0.05) is 12.6 Å². The third kappa shape index (κ3) is 5.20. The lowest BCUT2D eigenvalue weighted by Gasteiger charge is -2.17. The normalized spacial score (nSPS) is 13.3. The number of ether oxygens (including phenoxy) is 1. The van der Waals surface area contributed by atoms with Gasteiger partial charge in [0.25, 0.3) is 0 Å². The van der Waals surface area contributed by atoms with Crippen molar-refractivity contribution in [2.24, 2.45) is 0 Å². The van der Waals surface area contributed by atoms with Crippen LogP contribution >= 0.6 is 0 Å². The Labute approximate surface area is 137 Å². The highest BCUT2D eigenvalue weighted by molar-refractivity contribution is 5.89. The molecule has 2 atom stereocenters. The number of esters is 1. The lowest BCUT2D eigenvalue weighted by atomic mass is 10.0. The van der Waals surface area contributed by atoms with Crippen LogP contribution in [-0.4, -0.2) is 30.8 Å². The molecule has 0 saturated carbocycles.